The van der Waals surface area contributed by atoms with Crippen molar-refractivity contribution in [1.29, 1.82) is 0 Å². The van der Waals surface area contributed by atoms with Crippen LogP contribution in [0.4, 0.5) is 17.7 Å². The summed E-state index contributed by atoms with van der Waals surface area (Å²) in [6.07, 6.45) is 6.49. The van der Waals surface area contributed by atoms with Crippen molar-refractivity contribution in [3.8, 4) is 11.3 Å². The number of hydrogen-bond donors (Lipinski definition) is 1. The SMILES string of the molecule is CS(=O)(=O)N1C[C@H]2C[C@@]2(N2CCc3c(-c4cnc(N)nc4)nc(N4CCOCC4)nc32)C1. The first-order valence-corrected chi connectivity index (χ1v) is 12.7. The Labute approximate surface area is 186 Å². The van der Waals surface area contributed by atoms with Crippen molar-refractivity contribution in [3.05, 3.63) is 18.0 Å². The maximum Gasteiger partial charge on any atom is 0.228 e. The van der Waals surface area contributed by atoms with E-state index in [1.165, 1.54) is 6.26 Å². The lowest BCUT2D eigenvalue weighted by Gasteiger charge is -2.31. The molecule has 4 aliphatic rings. The molecular weight excluding hydrogens is 432 g/mol. The normalized spacial score (nSPS) is 27.5. The van der Waals surface area contributed by atoms with Crippen LogP contribution in [0.5, 0.6) is 0 Å². The van der Waals surface area contributed by atoms with Gasteiger partial charge in [0.2, 0.25) is 21.9 Å². The van der Waals surface area contributed by atoms with E-state index in [0.717, 1.165) is 55.1 Å². The summed E-state index contributed by atoms with van der Waals surface area (Å²) in [6, 6.07) is 0. The van der Waals surface area contributed by atoms with Crippen molar-refractivity contribution < 1.29 is 13.2 Å². The molecule has 0 amide bonds. The van der Waals surface area contributed by atoms with Gasteiger partial charge in [0, 0.05) is 56.2 Å². The molecule has 6 rings (SSSR count). The molecule has 5 heterocycles. The number of nitrogen functional groups attached to an aromatic ring is 1. The highest BCUT2D eigenvalue weighted by molar-refractivity contribution is 7.88. The zero-order valence-electron chi connectivity index (χ0n) is 17.9. The molecule has 1 aliphatic carbocycles. The van der Waals surface area contributed by atoms with E-state index >= 15 is 0 Å². The number of sulfonamides is 1. The number of anilines is 3. The van der Waals surface area contributed by atoms with E-state index < -0.39 is 10.0 Å². The Morgan fingerprint density at radius 2 is 1.91 bits per heavy atom. The van der Waals surface area contributed by atoms with Crippen molar-refractivity contribution in [2.75, 3.05) is 67.7 Å². The van der Waals surface area contributed by atoms with Crippen LogP contribution in [0.3, 0.4) is 0 Å². The van der Waals surface area contributed by atoms with Crippen LogP contribution in [0.15, 0.2) is 12.4 Å². The van der Waals surface area contributed by atoms with Crippen LogP contribution in [-0.4, -0.2) is 90.4 Å². The second kappa shape index (κ2) is 6.96. The highest BCUT2D eigenvalue weighted by Gasteiger charge is 2.66. The fourth-order valence-corrected chi connectivity index (χ4v) is 6.27. The van der Waals surface area contributed by atoms with Gasteiger partial charge < -0.3 is 20.3 Å². The molecule has 2 aromatic heterocycles. The number of aromatic nitrogens is 4. The summed E-state index contributed by atoms with van der Waals surface area (Å²) in [4.78, 5) is 22.7. The molecule has 2 aromatic rings. The van der Waals surface area contributed by atoms with Crippen LogP contribution < -0.4 is 15.5 Å². The Morgan fingerprint density at radius 1 is 1.16 bits per heavy atom. The molecule has 0 aromatic carbocycles. The van der Waals surface area contributed by atoms with Gasteiger partial charge in [-0.05, 0) is 18.8 Å². The van der Waals surface area contributed by atoms with Gasteiger partial charge >= 0.3 is 0 Å². The number of nitrogens with zero attached hydrogens (tertiary/aromatic N) is 7. The number of hydrogen-bond acceptors (Lipinski definition) is 10. The lowest BCUT2D eigenvalue weighted by molar-refractivity contribution is 0.122. The van der Waals surface area contributed by atoms with Gasteiger partial charge in [0.25, 0.3) is 0 Å². The summed E-state index contributed by atoms with van der Waals surface area (Å²) < 4.78 is 31.5. The molecule has 32 heavy (non-hydrogen) atoms. The van der Waals surface area contributed by atoms with Gasteiger partial charge in [0.1, 0.15) is 5.82 Å². The first kappa shape index (κ1) is 20.1. The molecule has 2 atom stereocenters. The predicted octanol–water partition coefficient (Wildman–Crippen LogP) is -0.251. The zero-order valence-corrected chi connectivity index (χ0v) is 18.8. The minimum atomic E-state index is -3.21. The van der Waals surface area contributed by atoms with Gasteiger partial charge in [-0.2, -0.15) is 9.29 Å². The number of rotatable bonds is 4. The Morgan fingerprint density at radius 3 is 2.59 bits per heavy atom. The number of nitrogens with two attached hydrogens (primary N) is 1. The zero-order chi connectivity index (χ0) is 22.1. The minimum absolute atomic E-state index is 0.167. The van der Waals surface area contributed by atoms with Crippen molar-refractivity contribution in [2.45, 2.75) is 18.4 Å². The minimum Gasteiger partial charge on any atom is -0.378 e. The lowest BCUT2D eigenvalue weighted by Crippen LogP contribution is -2.43. The fraction of sp³-hybridized carbons (Fsp3) is 0.600. The van der Waals surface area contributed by atoms with E-state index in [-0.39, 0.29) is 11.5 Å². The van der Waals surface area contributed by atoms with Crippen LogP contribution in [-0.2, 0) is 21.2 Å². The van der Waals surface area contributed by atoms with E-state index in [0.29, 0.717) is 38.2 Å². The third-order valence-corrected chi connectivity index (χ3v) is 8.35. The molecule has 0 radical (unpaired) electrons. The van der Waals surface area contributed by atoms with E-state index in [2.05, 4.69) is 19.8 Å². The topological polar surface area (TPSA) is 131 Å². The number of morpholine rings is 1. The standard InChI is InChI=1S/C20H26N8O3S/c1-32(29,30)27-11-14-8-20(14,12-27)28-3-2-15-16(13-9-22-18(21)23-10-13)24-19(25-17(15)28)26-4-6-31-7-5-26/h9-10,14H,2-8,11-12H2,1H3,(H2,21,22,23)/t14-,20-/m1/s1. The summed E-state index contributed by atoms with van der Waals surface area (Å²) in [6.45, 7) is 4.64. The smallest absolute Gasteiger partial charge is 0.228 e. The van der Waals surface area contributed by atoms with E-state index in [9.17, 15) is 8.42 Å². The summed E-state index contributed by atoms with van der Waals surface area (Å²) in [5.41, 5.74) is 8.23. The Hall–Kier alpha value is -2.57. The fourth-order valence-electron chi connectivity index (χ4n) is 5.36. The molecule has 11 nitrogen and oxygen atoms in total. The second-order valence-electron chi connectivity index (χ2n) is 9.07. The molecule has 0 unspecified atom stereocenters. The van der Waals surface area contributed by atoms with Gasteiger partial charge in [-0.15, -0.1) is 0 Å². The van der Waals surface area contributed by atoms with Gasteiger partial charge in [0.05, 0.1) is 30.7 Å². The third-order valence-electron chi connectivity index (χ3n) is 7.13. The molecular formula is C20H26N8O3S. The van der Waals surface area contributed by atoms with Crippen LogP contribution in [0, 0.1) is 5.92 Å². The molecule has 0 bridgehead atoms. The quantitative estimate of drug-likeness (QED) is 0.654. The Kier molecular flexibility index (Phi) is 4.37. The highest BCUT2D eigenvalue weighted by Crippen LogP contribution is 2.57. The van der Waals surface area contributed by atoms with Gasteiger partial charge in [-0.1, -0.05) is 0 Å². The predicted molar refractivity (Wildman–Crippen MR) is 119 cm³/mol. The maximum atomic E-state index is 12.2. The molecule has 2 saturated heterocycles. The number of ether oxygens (including phenoxy) is 1. The van der Waals surface area contributed by atoms with Gasteiger partial charge in [-0.25, -0.2) is 23.4 Å². The Balaban J connectivity index is 1.43. The maximum absolute atomic E-state index is 12.2. The van der Waals surface area contributed by atoms with Crippen LogP contribution in [0.25, 0.3) is 11.3 Å². The summed E-state index contributed by atoms with van der Waals surface area (Å²) in [5.74, 6) is 2.14. The summed E-state index contributed by atoms with van der Waals surface area (Å²) in [5, 5.41) is 0. The average molecular weight is 459 g/mol. The van der Waals surface area contributed by atoms with Crippen LogP contribution in [0.2, 0.25) is 0 Å². The lowest BCUT2D eigenvalue weighted by atomic mass is 10.1. The van der Waals surface area contributed by atoms with E-state index in [1.807, 2.05) is 0 Å². The van der Waals surface area contributed by atoms with Crippen molar-refractivity contribution >= 4 is 27.7 Å². The molecule has 12 heteroatoms. The number of piperidine rings is 1. The number of fused-ring (bicyclic) bond motifs is 2. The summed E-state index contributed by atoms with van der Waals surface area (Å²) in [7, 11) is -3.21. The molecule has 0 spiro atoms. The molecule has 2 N–H and O–H groups in total. The third kappa shape index (κ3) is 3.11. The summed E-state index contributed by atoms with van der Waals surface area (Å²) >= 11 is 0. The van der Waals surface area contributed by atoms with E-state index in [1.54, 1.807) is 16.7 Å². The molecule has 170 valence electrons. The molecule has 3 fully saturated rings. The molecule has 3 aliphatic heterocycles. The van der Waals surface area contributed by atoms with Crippen LogP contribution >= 0.6 is 0 Å². The first-order chi connectivity index (χ1) is 15.3. The van der Waals surface area contributed by atoms with Crippen LogP contribution in [0.1, 0.15) is 12.0 Å². The van der Waals surface area contributed by atoms with Crippen molar-refractivity contribution in [1.82, 2.24) is 24.2 Å². The first-order valence-electron chi connectivity index (χ1n) is 10.9. The Bertz CT molecular complexity index is 1170. The monoisotopic (exact) mass is 458 g/mol. The second-order valence-corrected chi connectivity index (χ2v) is 11.0. The van der Waals surface area contributed by atoms with Gasteiger partial charge in [0.15, 0.2) is 0 Å². The van der Waals surface area contributed by atoms with Crippen molar-refractivity contribution in [2.24, 2.45) is 5.92 Å². The highest BCUT2D eigenvalue weighted by atomic mass is 32.2. The van der Waals surface area contributed by atoms with Gasteiger partial charge in [-0.3, -0.25) is 0 Å². The molecule has 1 saturated carbocycles. The largest absolute Gasteiger partial charge is 0.378 e. The van der Waals surface area contributed by atoms with E-state index in [4.69, 9.17) is 20.4 Å². The van der Waals surface area contributed by atoms with Crippen molar-refractivity contribution in [3.63, 3.8) is 0 Å². The average Bonchev–Trinajstić information content (AvgIpc) is 3.12.